The quantitative estimate of drug-likeness (QED) is 0.314. The first-order valence-electron chi connectivity index (χ1n) is 4.31. The Kier molecular flexibility index (Phi) is 1.36. The minimum atomic E-state index is -0.0382. The van der Waals surface area contributed by atoms with Crippen LogP contribution in [0.4, 0.5) is 0 Å². The van der Waals surface area contributed by atoms with Gasteiger partial charge in [0.2, 0.25) is 0 Å². The van der Waals surface area contributed by atoms with Gasteiger partial charge in [0, 0.05) is 10.5 Å². The summed E-state index contributed by atoms with van der Waals surface area (Å²) in [5, 5.41) is 3.92. The Morgan fingerprint density at radius 2 is 2.27 bits per heavy atom. The molecule has 3 rings (SSSR count). The first kappa shape index (κ1) is 6.99. The smallest absolute Gasteiger partial charge is 0.0488 e. The Balaban J connectivity index is 2.17. The van der Waals surface area contributed by atoms with Crippen molar-refractivity contribution in [2.24, 2.45) is 17.0 Å². The molecule has 3 heteroatoms. The number of azide groups is 1. The maximum atomic E-state index is 8.38. The first-order chi connectivity index (χ1) is 5.24. The molecular formula is C8H13N3. The molecule has 0 amide bonds. The Morgan fingerprint density at radius 3 is 2.73 bits per heavy atom. The minimum absolute atomic E-state index is 0.0382. The predicted octanol–water partition coefficient (Wildman–Crippen LogP) is 2.88. The molecule has 0 unspecified atom stereocenters. The van der Waals surface area contributed by atoms with E-state index in [1.54, 1.807) is 0 Å². The zero-order valence-electron chi connectivity index (χ0n) is 6.82. The van der Waals surface area contributed by atoms with Crippen molar-refractivity contribution in [2.45, 2.75) is 38.1 Å². The zero-order chi connectivity index (χ0) is 7.90. The molecule has 1 atom stereocenters. The third kappa shape index (κ3) is 0.916. The summed E-state index contributed by atoms with van der Waals surface area (Å²) in [4.78, 5) is 2.93. The lowest BCUT2D eigenvalue weighted by molar-refractivity contribution is 0.0371. The lowest BCUT2D eigenvalue weighted by atomic mass is 9.57. The minimum Gasteiger partial charge on any atom is -0.0873 e. The van der Waals surface area contributed by atoms with Crippen LogP contribution in [0.15, 0.2) is 5.11 Å². The van der Waals surface area contributed by atoms with Crippen LogP contribution in [0.2, 0.25) is 0 Å². The molecule has 0 aromatic carbocycles. The van der Waals surface area contributed by atoms with Gasteiger partial charge in [-0.25, -0.2) is 0 Å². The third-order valence-electron chi connectivity index (χ3n) is 3.45. The molecule has 11 heavy (non-hydrogen) atoms. The lowest BCUT2D eigenvalue weighted by Crippen LogP contribution is -2.46. The lowest BCUT2D eigenvalue weighted by Gasteiger charge is -2.51. The van der Waals surface area contributed by atoms with Crippen LogP contribution in [0.5, 0.6) is 0 Å². The van der Waals surface area contributed by atoms with Gasteiger partial charge in [0.1, 0.15) is 0 Å². The second-order valence-electron chi connectivity index (χ2n) is 4.12. The topological polar surface area (TPSA) is 48.8 Å². The number of hydrogen-bond acceptors (Lipinski definition) is 1. The summed E-state index contributed by atoms with van der Waals surface area (Å²) in [6.07, 6.45) is 4.98. The Bertz CT molecular complexity index is 211. The van der Waals surface area contributed by atoms with Crippen molar-refractivity contribution in [1.29, 1.82) is 0 Å². The van der Waals surface area contributed by atoms with Gasteiger partial charge in [-0.2, -0.15) is 0 Å². The molecule has 3 nitrogen and oxygen atoms in total. The Hall–Kier alpha value is -0.690. The van der Waals surface area contributed by atoms with Gasteiger partial charge in [-0.1, -0.05) is 12.0 Å². The van der Waals surface area contributed by atoms with Gasteiger partial charge in [0.15, 0.2) is 0 Å². The maximum absolute atomic E-state index is 8.38. The molecule has 3 saturated carbocycles. The van der Waals surface area contributed by atoms with Gasteiger partial charge in [0.05, 0.1) is 0 Å². The van der Waals surface area contributed by atoms with Gasteiger partial charge in [-0.3, -0.25) is 0 Å². The summed E-state index contributed by atoms with van der Waals surface area (Å²) in [5.41, 5.74) is 8.34. The SMILES string of the molecule is C[C@@]1(N=[N+]=[N-])CCC2CC1C2. The molecular weight excluding hydrogens is 138 g/mol. The monoisotopic (exact) mass is 151 g/mol. The van der Waals surface area contributed by atoms with Gasteiger partial charge in [0.25, 0.3) is 0 Å². The van der Waals surface area contributed by atoms with Crippen molar-refractivity contribution in [1.82, 2.24) is 0 Å². The number of fused-ring (bicyclic) bond motifs is 2. The Morgan fingerprint density at radius 1 is 1.55 bits per heavy atom. The average molecular weight is 151 g/mol. The fourth-order valence-electron chi connectivity index (χ4n) is 2.41. The van der Waals surface area contributed by atoms with Crippen LogP contribution < -0.4 is 0 Å². The molecule has 3 aliphatic carbocycles. The van der Waals surface area contributed by atoms with Crippen molar-refractivity contribution < 1.29 is 0 Å². The molecule has 0 aromatic rings. The van der Waals surface area contributed by atoms with Crippen molar-refractivity contribution in [3.63, 3.8) is 0 Å². The van der Waals surface area contributed by atoms with E-state index < -0.39 is 0 Å². The van der Waals surface area contributed by atoms with E-state index in [1.165, 1.54) is 19.3 Å². The number of rotatable bonds is 1. The molecule has 0 spiro atoms. The molecule has 2 bridgehead atoms. The van der Waals surface area contributed by atoms with Gasteiger partial charge >= 0.3 is 0 Å². The third-order valence-corrected chi connectivity index (χ3v) is 3.45. The molecule has 0 radical (unpaired) electrons. The molecule has 3 aliphatic rings. The van der Waals surface area contributed by atoms with Crippen molar-refractivity contribution >= 4 is 0 Å². The molecule has 3 fully saturated rings. The summed E-state index contributed by atoms with van der Waals surface area (Å²) in [6.45, 7) is 2.10. The van der Waals surface area contributed by atoms with Gasteiger partial charge in [-0.15, -0.1) is 0 Å². The molecule has 0 saturated heterocycles. The van der Waals surface area contributed by atoms with E-state index in [9.17, 15) is 0 Å². The molecule has 60 valence electrons. The zero-order valence-corrected chi connectivity index (χ0v) is 6.82. The van der Waals surface area contributed by atoms with E-state index in [2.05, 4.69) is 16.9 Å². The van der Waals surface area contributed by atoms with E-state index in [0.29, 0.717) is 5.92 Å². The van der Waals surface area contributed by atoms with Crippen LogP contribution in [0, 0.1) is 11.8 Å². The number of hydrogen-bond donors (Lipinski definition) is 0. The fraction of sp³-hybridized carbons (Fsp3) is 1.00. The molecule has 0 aliphatic heterocycles. The van der Waals surface area contributed by atoms with Crippen LogP contribution in [0.25, 0.3) is 10.4 Å². The second kappa shape index (κ2) is 2.15. The van der Waals surface area contributed by atoms with E-state index in [1.807, 2.05) is 0 Å². The number of nitrogens with zero attached hydrogens (tertiary/aromatic N) is 3. The van der Waals surface area contributed by atoms with Crippen LogP contribution in [-0.4, -0.2) is 5.54 Å². The maximum Gasteiger partial charge on any atom is 0.0488 e. The van der Waals surface area contributed by atoms with Gasteiger partial charge < -0.3 is 0 Å². The first-order valence-corrected chi connectivity index (χ1v) is 4.31. The standard InChI is InChI=1S/C8H13N3/c1-8(10-11-9)3-2-6-4-7(8)5-6/h6-7H,2-5H2,1H3/t6?,7?,8-/m1/s1. The normalized spacial score (nSPS) is 47.4. The van der Waals surface area contributed by atoms with Crippen molar-refractivity contribution in [2.75, 3.05) is 0 Å². The summed E-state index contributed by atoms with van der Waals surface area (Å²) in [7, 11) is 0. The van der Waals surface area contributed by atoms with E-state index in [-0.39, 0.29) is 5.54 Å². The largest absolute Gasteiger partial charge is 0.0873 e. The summed E-state index contributed by atoms with van der Waals surface area (Å²) in [5.74, 6) is 1.65. The van der Waals surface area contributed by atoms with E-state index in [0.717, 1.165) is 12.3 Å². The highest BCUT2D eigenvalue weighted by atomic mass is 15.2. The van der Waals surface area contributed by atoms with Crippen LogP contribution in [0.3, 0.4) is 0 Å². The molecule has 0 heterocycles. The van der Waals surface area contributed by atoms with Crippen LogP contribution in [0.1, 0.15) is 32.6 Å². The van der Waals surface area contributed by atoms with E-state index in [4.69, 9.17) is 5.53 Å². The second-order valence-corrected chi connectivity index (χ2v) is 4.12. The van der Waals surface area contributed by atoms with Crippen LogP contribution >= 0.6 is 0 Å². The Labute approximate surface area is 66.4 Å². The van der Waals surface area contributed by atoms with Crippen molar-refractivity contribution in [3.8, 4) is 0 Å². The van der Waals surface area contributed by atoms with Crippen LogP contribution in [-0.2, 0) is 0 Å². The molecule has 0 aromatic heterocycles. The van der Waals surface area contributed by atoms with Crippen molar-refractivity contribution in [3.05, 3.63) is 10.4 Å². The summed E-state index contributed by atoms with van der Waals surface area (Å²) in [6, 6.07) is 0. The summed E-state index contributed by atoms with van der Waals surface area (Å²) < 4.78 is 0. The van der Waals surface area contributed by atoms with Gasteiger partial charge in [-0.05, 0) is 43.1 Å². The highest BCUT2D eigenvalue weighted by Gasteiger charge is 2.46. The average Bonchev–Trinajstić information content (AvgIpc) is 1.84. The van der Waals surface area contributed by atoms with E-state index >= 15 is 0 Å². The summed E-state index contributed by atoms with van der Waals surface area (Å²) >= 11 is 0. The highest BCUT2D eigenvalue weighted by Crippen LogP contribution is 2.52. The molecule has 0 N–H and O–H groups in total. The predicted molar refractivity (Wildman–Crippen MR) is 43.0 cm³/mol. The highest BCUT2D eigenvalue weighted by molar-refractivity contribution is 5.03. The fourth-order valence-corrected chi connectivity index (χ4v) is 2.41.